The van der Waals surface area contributed by atoms with Crippen molar-refractivity contribution in [2.24, 2.45) is 5.92 Å². The SMILES string of the molecule is Cc1ccc(N2CCC[C@@H](NC(=O)C3CC3c3nc4ccccc4[nH]3)C2)cn1. The van der Waals surface area contributed by atoms with Gasteiger partial charge in [-0.25, -0.2) is 4.98 Å². The van der Waals surface area contributed by atoms with Crippen LogP contribution < -0.4 is 10.2 Å². The molecule has 3 heterocycles. The highest BCUT2D eigenvalue weighted by Gasteiger charge is 2.46. The summed E-state index contributed by atoms with van der Waals surface area (Å²) >= 11 is 0. The summed E-state index contributed by atoms with van der Waals surface area (Å²) < 4.78 is 0. The van der Waals surface area contributed by atoms with E-state index in [1.165, 1.54) is 0 Å². The number of aryl methyl sites for hydroxylation is 1. The Morgan fingerprint density at radius 1 is 1.25 bits per heavy atom. The zero-order valence-corrected chi connectivity index (χ0v) is 16.1. The summed E-state index contributed by atoms with van der Waals surface area (Å²) in [6.45, 7) is 3.86. The largest absolute Gasteiger partial charge is 0.368 e. The van der Waals surface area contributed by atoms with E-state index in [9.17, 15) is 4.79 Å². The van der Waals surface area contributed by atoms with Crippen LogP contribution in [0, 0.1) is 12.8 Å². The van der Waals surface area contributed by atoms with Gasteiger partial charge in [0.1, 0.15) is 5.82 Å². The standard InChI is InChI=1S/C22H25N5O/c1-14-8-9-16(12-23-14)27-10-4-5-15(13-27)24-22(28)18-11-17(18)21-25-19-6-2-3-7-20(19)26-21/h2-3,6-9,12,15,17-18H,4-5,10-11,13H2,1H3,(H,24,28)(H,25,26)/t15-,17?,18?/m1/s1. The van der Waals surface area contributed by atoms with Crippen molar-refractivity contribution in [3.8, 4) is 0 Å². The van der Waals surface area contributed by atoms with Crippen LogP contribution in [0.4, 0.5) is 5.69 Å². The fourth-order valence-corrected chi connectivity index (χ4v) is 4.22. The summed E-state index contributed by atoms with van der Waals surface area (Å²) in [5.74, 6) is 1.36. The predicted octanol–water partition coefficient (Wildman–Crippen LogP) is 3.16. The van der Waals surface area contributed by atoms with Crippen molar-refractivity contribution in [3.05, 3.63) is 54.1 Å². The molecule has 1 aromatic carbocycles. The maximum atomic E-state index is 12.8. The molecule has 2 fully saturated rings. The van der Waals surface area contributed by atoms with Crippen LogP contribution >= 0.6 is 0 Å². The summed E-state index contributed by atoms with van der Waals surface area (Å²) in [6, 6.07) is 12.4. The Kier molecular flexibility index (Phi) is 4.26. The molecule has 2 aromatic heterocycles. The van der Waals surface area contributed by atoms with Gasteiger partial charge in [-0.3, -0.25) is 9.78 Å². The molecule has 3 aromatic rings. The molecular formula is C22H25N5O. The Morgan fingerprint density at radius 3 is 2.96 bits per heavy atom. The number of piperidine rings is 1. The fourth-order valence-electron chi connectivity index (χ4n) is 4.22. The average Bonchev–Trinajstić information content (AvgIpc) is 3.40. The normalized spacial score (nSPS) is 24.3. The molecule has 2 unspecified atom stereocenters. The first kappa shape index (κ1) is 17.2. The number of H-pyrrole nitrogens is 1. The summed E-state index contributed by atoms with van der Waals surface area (Å²) in [5, 5.41) is 3.28. The zero-order chi connectivity index (χ0) is 19.1. The number of fused-ring (bicyclic) bond motifs is 1. The van der Waals surface area contributed by atoms with Crippen LogP contribution in [0.3, 0.4) is 0 Å². The van der Waals surface area contributed by atoms with E-state index in [-0.39, 0.29) is 23.8 Å². The number of nitrogens with one attached hydrogen (secondary N) is 2. The molecule has 2 aliphatic rings. The number of para-hydroxylation sites is 2. The second-order valence-electron chi connectivity index (χ2n) is 8.04. The second kappa shape index (κ2) is 6.93. The van der Waals surface area contributed by atoms with E-state index in [1.54, 1.807) is 0 Å². The van der Waals surface area contributed by atoms with Gasteiger partial charge in [-0.15, -0.1) is 0 Å². The summed E-state index contributed by atoms with van der Waals surface area (Å²) in [5.41, 5.74) is 4.17. The number of imidazole rings is 1. The molecule has 1 amide bonds. The van der Waals surface area contributed by atoms with E-state index in [0.717, 1.165) is 60.6 Å². The number of hydrogen-bond donors (Lipinski definition) is 2. The van der Waals surface area contributed by atoms with Gasteiger partial charge in [-0.1, -0.05) is 12.1 Å². The molecule has 1 saturated carbocycles. The van der Waals surface area contributed by atoms with Crippen molar-refractivity contribution < 1.29 is 4.79 Å². The molecule has 0 spiro atoms. The van der Waals surface area contributed by atoms with E-state index in [4.69, 9.17) is 0 Å². The third-order valence-corrected chi connectivity index (χ3v) is 5.91. The third kappa shape index (κ3) is 3.35. The van der Waals surface area contributed by atoms with Gasteiger partial charge < -0.3 is 15.2 Å². The van der Waals surface area contributed by atoms with Crippen molar-refractivity contribution in [2.45, 2.75) is 38.1 Å². The number of aromatic nitrogens is 3. The van der Waals surface area contributed by atoms with Gasteiger partial charge in [0.2, 0.25) is 5.91 Å². The van der Waals surface area contributed by atoms with Gasteiger partial charge in [-0.2, -0.15) is 0 Å². The number of carbonyl (C=O) groups is 1. The molecule has 2 N–H and O–H groups in total. The number of hydrogen-bond acceptors (Lipinski definition) is 4. The van der Waals surface area contributed by atoms with E-state index in [1.807, 2.05) is 43.5 Å². The molecule has 0 bridgehead atoms. The maximum Gasteiger partial charge on any atom is 0.224 e. The van der Waals surface area contributed by atoms with Crippen LogP contribution in [-0.2, 0) is 4.79 Å². The lowest BCUT2D eigenvalue weighted by Gasteiger charge is -2.34. The lowest BCUT2D eigenvalue weighted by molar-refractivity contribution is -0.123. The number of rotatable bonds is 4. The Labute approximate surface area is 164 Å². The summed E-state index contributed by atoms with van der Waals surface area (Å²) in [4.78, 5) is 27.5. The predicted molar refractivity (Wildman–Crippen MR) is 109 cm³/mol. The number of carbonyl (C=O) groups excluding carboxylic acids is 1. The quantitative estimate of drug-likeness (QED) is 0.735. The first-order valence-corrected chi connectivity index (χ1v) is 10.1. The molecule has 1 saturated heterocycles. The minimum atomic E-state index is 0.0389. The van der Waals surface area contributed by atoms with Crippen LogP contribution in [0.25, 0.3) is 11.0 Å². The van der Waals surface area contributed by atoms with Crippen molar-refractivity contribution in [2.75, 3.05) is 18.0 Å². The van der Waals surface area contributed by atoms with E-state index < -0.39 is 0 Å². The molecule has 1 aliphatic carbocycles. The second-order valence-corrected chi connectivity index (χ2v) is 8.04. The Morgan fingerprint density at radius 2 is 2.14 bits per heavy atom. The summed E-state index contributed by atoms with van der Waals surface area (Å²) in [7, 11) is 0. The van der Waals surface area contributed by atoms with Gasteiger partial charge in [0.05, 0.1) is 22.9 Å². The molecular weight excluding hydrogens is 350 g/mol. The van der Waals surface area contributed by atoms with Gasteiger partial charge in [-0.05, 0) is 50.5 Å². The zero-order valence-electron chi connectivity index (χ0n) is 16.1. The number of anilines is 1. The molecule has 6 nitrogen and oxygen atoms in total. The van der Waals surface area contributed by atoms with Crippen molar-refractivity contribution >= 4 is 22.6 Å². The molecule has 144 valence electrons. The molecule has 3 atom stereocenters. The summed E-state index contributed by atoms with van der Waals surface area (Å²) in [6.07, 6.45) is 4.92. The van der Waals surface area contributed by atoms with Gasteiger partial charge in [0, 0.05) is 36.7 Å². The minimum absolute atomic E-state index is 0.0389. The first-order valence-electron chi connectivity index (χ1n) is 10.1. The van der Waals surface area contributed by atoms with Gasteiger partial charge in [0.15, 0.2) is 0 Å². The van der Waals surface area contributed by atoms with Gasteiger partial charge in [0.25, 0.3) is 0 Å². The Bertz CT molecular complexity index is 963. The molecule has 1 aliphatic heterocycles. The van der Waals surface area contributed by atoms with E-state index in [0.29, 0.717) is 0 Å². The molecule has 28 heavy (non-hydrogen) atoms. The fraction of sp³-hybridized carbons (Fsp3) is 0.409. The maximum absolute atomic E-state index is 12.8. The van der Waals surface area contributed by atoms with Crippen molar-refractivity contribution in [3.63, 3.8) is 0 Å². The lowest BCUT2D eigenvalue weighted by atomic mass is 10.0. The van der Waals surface area contributed by atoms with Gasteiger partial charge >= 0.3 is 0 Å². The number of amides is 1. The van der Waals surface area contributed by atoms with Crippen LogP contribution in [0.15, 0.2) is 42.6 Å². The van der Waals surface area contributed by atoms with Crippen LogP contribution in [0.5, 0.6) is 0 Å². The molecule has 6 heteroatoms. The topological polar surface area (TPSA) is 73.9 Å². The third-order valence-electron chi connectivity index (χ3n) is 5.91. The number of pyridine rings is 1. The monoisotopic (exact) mass is 375 g/mol. The van der Waals surface area contributed by atoms with E-state index in [2.05, 4.69) is 31.2 Å². The average molecular weight is 375 g/mol. The highest BCUT2D eigenvalue weighted by Crippen LogP contribution is 2.46. The Hall–Kier alpha value is -2.89. The lowest BCUT2D eigenvalue weighted by Crippen LogP contribution is -2.48. The van der Waals surface area contributed by atoms with Crippen LogP contribution in [0.2, 0.25) is 0 Å². The highest BCUT2D eigenvalue weighted by molar-refractivity contribution is 5.83. The number of aromatic amines is 1. The first-order chi connectivity index (χ1) is 13.7. The minimum Gasteiger partial charge on any atom is -0.368 e. The smallest absolute Gasteiger partial charge is 0.224 e. The van der Waals surface area contributed by atoms with Crippen LogP contribution in [-0.4, -0.2) is 40.0 Å². The van der Waals surface area contributed by atoms with Crippen molar-refractivity contribution in [1.29, 1.82) is 0 Å². The molecule has 5 rings (SSSR count). The van der Waals surface area contributed by atoms with Crippen LogP contribution in [0.1, 0.15) is 36.7 Å². The highest BCUT2D eigenvalue weighted by atomic mass is 16.2. The number of benzene rings is 1. The Balaban J connectivity index is 1.20. The van der Waals surface area contributed by atoms with Crippen molar-refractivity contribution in [1.82, 2.24) is 20.3 Å². The van der Waals surface area contributed by atoms with E-state index >= 15 is 0 Å². The molecule has 0 radical (unpaired) electrons. The number of nitrogens with zero attached hydrogens (tertiary/aromatic N) is 3.